The summed E-state index contributed by atoms with van der Waals surface area (Å²) in [7, 11) is 0.957. The number of methoxy groups -OCH3 is 1. The Kier molecular flexibility index (Phi) is 3.66. The Morgan fingerprint density at radius 2 is 2.06 bits per heavy atom. The number of hydrogen-bond donors (Lipinski definition) is 1. The highest BCUT2D eigenvalue weighted by atomic mass is 19.4. The summed E-state index contributed by atoms with van der Waals surface area (Å²) in [6.45, 7) is 0. The largest absolute Gasteiger partial charge is 0.573 e. The van der Waals surface area contributed by atoms with Gasteiger partial charge in [-0.2, -0.15) is 5.26 Å². The molecule has 0 unspecified atom stereocenters. The molecule has 0 spiro atoms. The predicted molar refractivity (Wildman–Crippen MR) is 50.8 cm³/mol. The quantitative estimate of drug-likeness (QED) is 0.823. The Bertz CT molecular complexity index is 519. The zero-order chi connectivity index (χ0) is 13.9. The monoisotopic (exact) mass is 261 g/mol. The van der Waals surface area contributed by atoms with Gasteiger partial charge in [0.1, 0.15) is 22.9 Å². The van der Waals surface area contributed by atoms with Gasteiger partial charge in [-0.3, -0.25) is 0 Å². The molecule has 1 rings (SSSR count). The third kappa shape index (κ3) is 2.82. The van der Waals surface area contributed by atoms with Crippen LogP contribution in [0.2, 0.25) is 0 Å². The van der Waals surface area contributed by atoms with Gasteiger partial charge in [-0.05, 0) is 12.1 Å². The van der Waals surface area contributed by atoms with E-state index in [1.54, 1.807) is 0 Å². The molecule has 0 heterocycles. The van der Waals surface area contributed by atoms with Crippen molar-refractivity contribution >= 4 is 5.97 Å². The van der Waals surface area contributed by atoms with E-state index < -0.39 is 35.0 Å². The first-order chi connectivity index (χ1) is 8.30. The zero-order valence-electron chi connectivity index (χ0n) is 8.91. The molecule has 1 N–H and O–H groups in total. The number of benzene rings is 1. The average Bonchev–Trinajstić information content (AvgIpc) is 2.26. The number of hydrogen-bond acceptors (Lipinski definition) is 5. The number of rotatable bonds is 2. The van der Waals surface area contributed by atoms with Crippen LogP contribution in [0.5, 0.6) is 11.5 Å². The number of ether oxygens (including phenoxy) is 2. The summed E-state index contributed by atoms with van der Waals surface area (Å²) in [6, 6.07) is 3.08. The summed E-state index contributed by atoms with van der Waals surface area (Å²) in [6.07, 6.45) is -5.11. The van der Waals surface area contributed by atoms with Crippen molar-refractivity contribution in [2.75, 3.05) is 7.11 Å². The number of phenols is 1. The fraction of sp³-hybridized carbons (Fsp3) is 0.200. The Balaban J connectivity index is 3.45. The van der Waals surface area contributed by atoms with Crippen molar-refractivity contribution in [1.29, 1.82) is 5.26 Å². The summed E-state index contributed by atoms with van der Waals surface area (Å²) in [5.74, 6) is -2.94. The lowest BCUT2D eigenvalue weighted by Crippen LogP contribution is -2.20. The van der Waals surface area contributed by atoms with Gasteiger partial charge in [0.25, 0.3) is 0 Å². The van der Waals surface area contributed by atoms with Crippen LogP contribution in [0.3, 0.4) is 0 Å². The molecule has 18 heavy (non-hydrogen) atoms. The molecule has 0 saturated heterocycles. The maximum atomic E-state index is 12.2. The van der Waals surface area contributed by atoms with Crippen molar-refractivity contribution in [2.24, 2.45) is 0 Å². The summed E-state index contributed by atoms with van der Waals surface area (Å²) >= 11 is 0. The van der Waals surface area contributed by atoms with Gasteiger partial charge in [0.2, 0.25) is 0 Å². The van der Waals surface area contributed by atoms with E-state index >= 15 is 0 Å². The highest BCUT2D eigenvalue weighted by molar-refractivity contribution is 5.94. The molecule has 0 aliphatic carbocycles. The van der Waals surface area contributed by atoms with Gasteiger partial charge >= 0.3 is 12.3 Å². The second-order valence-electron chi connectivity index (χ2n) is 2.99. The molecule has 0 amide bonds. The predicted octanol–water partition coefficient (Wildman–Crippen LogP) is 1.95. The molecule has 1 aromatic rings. The third-order valence-corrected chi connectivity index (χ3v) is 1.87. The lowest BCUT2D eigenvalue weighted by atomic mass is 10.1. The van der Waals surface area contributed by atoms with E-state index in [0.717, 1.165) is 19.2 Å². The van der Waals surface area contributed by atoms with Gasteiger partial charge in [-0.25, -0.2) is 4.79 Å². The van der Waals surface area contributed by atoms with Crippen LogP contribution in [-0.2, 0) is 4.74 Å². The minimum absolute atomic E-state index is 0.607. The number of aromatic hydroxyl groups is 1. The first-order valence-electron chi connectivity index (χ1n) is 4.40. The van der Waals surface area contributed by atoms with E-state index in [1.807, 2.05) is 0 Å². The molecule has 5 nitrogen and oxygen atoms in total. The number of alkyl halides is 3. The van der Waals surface area contributed by atoms with Gasteiger partial charge < -0.3 is 14.6 Å². The van der Waals surface area contributed by atoms with Gasteiger partial charge in [-0.1, -0.05) is 0 Å². The average molecular weight is 261 g/mol. The fourth-order valence-electron chi connectivity index (χ4n) is 1.17. The molecule has 8 heteroatoms. The second-order valence-corrected chi connectivity index (χ2v) is 2.99. The van der Waals surface area contributed by atoms with E-state index in [2.05, 4.69) is 9.47 Å². The van der Waals surface area contributed by atoms with Crippen LogP contribution in [0.1, 0.15) is 15.9 Å². The SMILES string of the molecule is COC(=O)c1ccc(O)c(C#N)c1OC(F)(F)F. The molecule has 0 aliphatic heterocycles. The minimum atomic E-state index is -5.11. The molecule has 0 saturated carbocycles. The van der Waals surface area contributed by atoms with E-state index in [4.69, 9.17) is 5.26 Å². The van der Waals surface area contributed by atoms with Gasteiger partial charge in [0, 0.05) is 0 Å². The maximum absolute atomic E-state index is 12.2. The number of phenolic OH excluding ortho intramolecular Hbond substituents is 1. The van der Waals surface area contributed by atoms with Gasteiger partial charge in [0.05, 0.1) is 7.11 Å². The Morgan fingerprint density at radius 3 is 2.50 bits per heavy atom. The Labute approximate surface area is 99.0 Å². The highest BCUT2D eigenvalue weighted by Gasteiger charge is 2.35. The van der Waals surface area contributed by atoms with Crippen LogP contribution in [-0.4, -0.2) is 24.5 Å². The number of nitriles is 1. The number of halogens is 3. The molecule has 0 bridgehead atoms. The molecule has 0 radical (unpaired) electrons. The van der Waals surface area contributed by atoms with Crippen molar-refractivity contribution in [3.63, 3.8) is 0 Å². The summed E-state index contributed by atoms with van der Waals surface area (Å²) in [5.41, 5.74) is -1.40. The van der Waals surface area contributed by atoms with Crippen LogP contribution in [0.15, 0.2) is 12.1 Å². The molecule has 1 aromatic carbocycles. The maximum Gasteiger partial charge on any atom is 0.573 e. The molecular formula is C10H6F3NO4. The number of carbonyl (C=O) groups is 1. The van der Waals surface area contributed by atoms with Crippen molar-refractivity contribution in [3.8, 4) is 17.6 Å². The van der Waals surface area contributed by atoms with Crippen LogP contribution in [0.4, 0.5) is 13.2 Å². The van der Waals surface area contributed by atoms with Crippen LogP contribution in [0, 0.1) is 11.3 Å². The van der Waals surface area contributed by atoms with Gasteiger partial charge in [0.15, 0.2) is 5.75 Å². The topological polar surface area (TPSA) is 79.5 Å². The summed E-state index contributed by atoms with van der Waals surface area (Å²) < 4.78 is 44.3. The number of carbonyl (C=O) groups excluding carboxylic acids is 1. The van der Waals surface area contributed by atoms with Crippen molar-refractivity contribution in [3.05, 3.63) is 23.3 Å². The Morgan fingerprint density at radius 1 is 1.44 bits per heavy atom. The van der Waals surface area contributed by atoms with Crippen molar-refractivity contribution < 1.29 is 32.5 Å². The lowest BCUT2D eigenvalue weighted by molar-refractivity contribution is -0.274. The van der Waals surface area contributed by atoms with Crippen LogP contribution < -0.4 is 4.74 Å². The van der Waals surface area contributed by atoms with Crippen LogP contribution in [0.25, 0.3) is 0 Å². The normalized spacial score (nSPS) is 10.6. The van der Waals surface area contributed by atoms with Crippen molar-refractivity contribution in [2.45, 2.75) is 6.36 Å². The smallest absolute Gasteiger partial charge is 0.506 e. The molecule has 0 fully saturated rings. The van der Waals surface area contributed by atoms with E-state index in [0.29, 0.717) is 0 Å². The molecule has 0 aromatic heterocycles. The summed E-state index contributed by atoms with van der Waals surface area (Å²) in [5, 5.41) is 17.9. The van der Waals surface area contributed by atoms with E-state index in [9.17, 15) is 23.1 Å². The second kappa shape index (κ2) is 4.83. The third-order valence-electron chi connectivity index (χ3n) is 1.87. The fourth-order valence-corrected chi connectivity index (χ4v) is 1.17. The van der Waals surface area contributed by atoms with E-state index in [1.165, 1.54) is 6.07 Å². The minimum Gasteiger partial charge on any atom is -0.506 e. The van der Waals surface area contributed by atoms with Crippen LogP contribution >= 0.6 is 0 Å². The zero-order valence-corrected chi connectivity index (χ0v) is 8.91. The molecule has 96 valence electrons. The Hall–Kier alpha value is -2.43. The lowest BCUT2D eigenvalue weighted by Gasteiger charge is -2.14. The molecule has 0 atom stereocenters. The number of nitrogens with zero attached hydrogens (tertiary/aromatic N) is 1. The summed E-state index contributed by atoms with van der Waals surface area (Å²) in [4.78, 5) is 11.2. The first kappa shape index (κ1) is 13.6. The van der Waals surface area contributed by atoms with Crippen molar-refractivity contribution in [1.82, 2.24) is 0 Å². The van der Waals surface area contributed by atoms with Gasteiger partial charge in [-0.15, -0.1) is 13.2 Å². The van der Waals surface area contributed by atoms with E-state index in [-0.39, 0.29) is 0 Å². The standard InChI is InChI=1S/C10H6F3NO4/c1-17-9(16)5-2-3-7(15)6(4-14)8(5)18-10(11,12)13/h2-3,15H,1H3. The molecule has 0 aliphatic rings. The molecular weight excluding hydrogens is 255 g/mol. The number of esters is 1. The first-order valence-corrected chi connectivity index (χ1v) is 4.40. The highest BCUT2D eigenvalue weighted by Crippen LogP contribution is 2.35.